The van der Waals surface area contributed by atoms with Crippen molar-refractivity contribution in [3.05, 3.63) is 0 Å². The second-order valence-corrected chi connectivity index (χ2v) is 4.28. The molecule has 0 aliphatic rings. The topological polar surface area (TPSA) is 75.6 Å². The Balaban J connectivity index is 4.01. The Kier molecular flexibility index (Phi) is 6.03. The fraction of sp³-hybridized carbons (Fsp3) is 0.818. The molecule has 5 nitrogen and oxygen atoms in total. The van der Waals surface area contributed by atoms with Crippen molar-refractivity contribution >= 4 is 11.9 Å². The zero-order chi connectivity index (χ0) is 12.8. The second kappa shape index (κ2) is 6.48. The number of esters is 1. The van der Waals surface area contributed by atoms with Crippen molar-refractivity contribution in [1.82, 2.24) is 5.32 Å². The molecule has 0 aromatic heterocycles. The number of carbonyl (C=O) groups excluding carboxylic acids is 2. The molecule has 0 radical (unpaired) electrons. The number of hydrogen-bond acceptors (Lipinski definition) is 4. The van der Waals surface area contributed by atoms with Crippen molar-refractivity contribution < 1.29 is 19.4 Å². The van der Waals surface area contributed by atoms with Crippen LogP contribution in [0.5, 0.6) is 0 Å². The largest absolute Gasteiger partial charge is 0.464 e. The third kappa shape index (κ3) is 5.70. The van der Waals surface area contributed by atoms with Crippen LogP contribution in [0.4, 0.5) is 0 Å². The van der Waals surface area contributed by atoms with Gasteiger partial charge in [-0.15, -0.1) is 0 Å². The molecule has 0 fully saturated rings. The first kappa shape index (κ1) is 14.9. The molecule has 1 amide bonds. The summed E-state index contributed by atoms with van der Waals surface area (Å²) in [6.07, 6.45) is 1.75. The van der Waals surface area contributed by atoms with E-state index in [4.69, 9.17) is 4.74 Å². The molecular weight excluding hydrogens is 210 g/mol. The summed E-state index contributed by atoms with van der Waals surface area (Å²) in [6.45, 7) is 6.60. The normalized spacial score (nSPS) is 13.1. The molecule has 1 atom stereocenters. The molecule has 5 heteroatoms. The minimum absolute atomic E-state index is 0.359. The van der Waals surface area contributed by atoms with Crippen molar-refractivity contribution in [2.45, 2.75) is 52.2 Å². The van der Waals surface area contributed by atoms with E-state index < -0.39 is 23.5 Å². The van der Waals surface area contributed by atoms with Gasteiger partial charge in [-0.3, -0.25) is 4.79 Å². The fourth-order valence-electron chi connectivity index (χ4n) is 0.874. The first-order chi connectivity index (χ1) is 7.29. The maximum absolute atomic E-state index is 11.4. The van der Waals surface area contributed by atoms with Gasteiger partial charge >= 0.3 is 5.97 Å². The van der Waals surface area contributed by atoms with Gasteiger partial charge in [0.1, 0.15) is 11.6 Å². The molecule has 16 heavy (non-hydrogen) atoms. The molecule has 0 aliphatic carbocycles. The SMILES string of the molecule is CCCCOC(=O)[C@@H](C)NC(=O)C(C)(C)O. The maximum atomic E-state index is 11.4. The summed E-state index contributed by atoms with van der Waals surface area (Å²) in [5, 5.41) is 11.7. The number of ether oxygens (including phenoxy) is 1. The third-order valence-electron chi connectivity index (χ3n) is 2.00. The van der Waals surface area contributed by atoms with Crippen LogP contribution < -0.4 is 5.32 Å². The number of unbranched alkanes of at least 4 members (excludes halogenated alkanes) is 1. The number of aliphatic hydroxyl groups is 1. The summed E-state index contributed by atoms with van der Waals surface area (Å²) >= 11 is 0. The first-order valence-corrected chi connectivity index (χ1v) is 5.49. The summed E-state index contributed by atoms with van der Waals surface area (Å²) in [5.41, 5.74) is -1.49. The predicted molar refractivity (Wildman–Crippen MR) is 59.8 cm³/mol. The van der Waals surface area contributed by atoms with Gasteiger partial charge in [-0.05, 0) is 27.2 Å². The van der Waals surface area contributed by atoms with Crippen LogP contribution in [0.3, 0.4) is 0 Å². The minimum Gasteiger partial charge on any atom is -0.464 e. The lowest BCUT2D eigenvalue weighted by Crippen LogP contribution is -2.48. The Bertz CT molecular complexity index is 245. The van der Waals surface area contributed by atoms with Gasteiger partial charge in [0.05, 0.1) is 6.61 Å². The van der Waals surface area contributed by atoms with E-state index in [1.54, 1.807) is 0 Å². The lowest BCUT2D eigenvalue weighted by Gasteiger charge is -2.20. The monoisotopic (exact) mass is 231 g/mol. The van der Waals surface area contributed by atoms with E-state index in [-0.39, 0.29) is 0 Å². The molecular formula is C11H21NO4. The van der Waals surface area contributed by atoms with Crippen LogP contribution in [-0.4, -0.2) is 35.2 Å². The van der Waals surface area contributed by atoms with Gasteiger partial charge in [0, 0.05) is 0 Å². The standard InChI is InChI=1S/C11H21NO4/c1-5-6-7-16-9(13)8(2)12-10(14)11(3,4)15/h8,15H,5-7H2,1-4H3,(H,12,14)/t8-/m1/s1. The molecule has 0 aromatic carbocycles. The molecule has 94 valence electrons. The van der Waals surface area contributed by atoms with Gasteiger partial charge in [0.2, 0.25) is 0 Å². The first-order valence-electron chi connectivity index (χ1n) is 5.49. The second-order valence-electron chi connectivity index (χ2n) is 4.28. The number of hydrogen-bond donors (Lipinski definition) is 2. The summed E-state index contributed by atoms with van der Waals surface area (Å²) in [6, 6.07) is -0.740. The summed E-state index contributed by atoms with van der Waals surface area (Å²) in [5.74, 6) is -1.07. The van der Waals surface area contributed by atoms with E-state index in [2.05, 4.69) is 5.32 Å². The van der Waals surface area contributed by atoms with Crippen LogP contribution >= 0.6 is 0 Å². The Hall–Kier alpha value is -1.10. The van der Waals surface area contributed by atoms with E-state index in [0.29, 0.717) is 6.61 Å². The Morgan fingerprint density at radius 1 is 1.44 bits per heavy atom. The number of amides is 1. The van der Waals surface area contributed by atoms with Crippen molar-refractivity contribution in [2.24, 2.45) is 0 Å². The summed E-state index contributed by atoms with van der Waals surface area (Å²) in [7, 11) is 0. The van der Waals surface area contributed by atoms with E-state index in [9.17, 15) is 14.7 Å². The maximum Gasteiger partial charge on any atom is 0.328 e. The van der Waals surface area contributed by atoms with Crippen LogP contribution in [0.15, 0.2) is 0 Å². The highest BCUT2D eigenvalue weighted by Crippen LogP contribution is 2.01. The highest BCUT2D eigenvalue weighted by atomic mass is 16.5. The van der Waals surface area contributed by atoms with E-state index >= 15 is 0 Å². The predicted octanol–water partition coefficient (Wildman–Crippen LogP) is 0.605. The smallest absolute Gasteiger partial charge is 0.328 e. The Labute approximate surface area is 96.2 Å². The van der Waals surface area contributed by atoms with E-state index in [1.165, 1.54) is 20.8 Å². The minimum atomic E-state index is -1.49. The highest BCUT2D eigenvalue weighted by molar-refractivity contribution is 5.88. The molecule has 0 bridgehead atoms. The quantitative estimate of drug-likeness (QED) is 0.518. The van der Waals surface area contributed by atoms with Gasteiger partial charge in [-0.2, -0.15) is 0 Å². The number of rotatable bonds is 6. The summed E-state index contributed by atoms with van der Waals surface area (Å²) in [4.78, 5) is 22.7. The molecule has 0 heterocycles. The Morgan fingerprint density at radius 3 is 2.44 bits per heavy atom. The van der Waals surface area contributed by atoms with Gasteiger partial charge < -0.3 is 15.2 Å². The molecule has 0 unspecified atom stereocenters. The van der Waals surface area contributed by atoms with Gasteiger partial charge in [0.15, 0.2) is 0 Å². The lowest BCUT2D eigenvalue weighted by molar-refractivity contribution is -0.149. The van der Waals surface area contributed by atoms with E-state index in [0.717, 1.165) is 12.8 Å². The molecule has 0 spiro atoms. The molecule has 0 saturated heterocycles. The van der Waals surface area contributed by atoms with Crippen LogP contribution in [0, 0.1) is 0 Å². The molecule has 0 saturated carbocycles. The average Bonchev–Trinajstić information content (AvgIpc) is 2.16. The Morgan fingerprint density at radius 2 is 2.00 bits per heavy atom. The van der Waals surface area contributed by atoms with Gasteiger partial charge in [-0.25, -0.2) is 4.79 Å². The molecule has 0 rings (SSSR count). The van der Waals surface area contributed by atoms with Gasteiger partial charge in [0.25, 0.3) is 5.91 Å². The van der Waals surface area contributed by atoms with Crippen molar-refractivity contribution in [3.63, 3.8) is 0 Å². The van der Waals surface area contributed by atoms with Crippen LogP contribution in [0.25, 0.3) is 0 Å². The molecule has 0 aromatic rings. The van der Waals surface area contributed by atoms with Crippen LogP contribution in [0.1, 0.15) is 40.5 Å². The highest BCUT2D eigenvalue weighted by Gasteiger charge is 2.27. The zero-order valence-corrected chi connectivity index (χ0v) is 10.4. The number of nitrogens with one attached hydrogen (secondary N) is 1. The summed E-state index contributed by atoms with van der Waals surface area (Å²) < 4.78 is 4.92. The van der Waals surface area contributed by atoms with Crippen LogP contribution in [0.2, 0.25) is 0 Å². The third-order valence-corrected chi connectivity index (χ3v) is 2.00. The van der Waals surface area contributed by atoms with Gasteiger partial charge in [-0.1, -0.05) is 13.3 Å². The number of carbonyl (C=O) groups is 2. The lowest BCUT2D eigenvalue weighted by atomic mass is 10.1. The zero-order valence-electron chi connectivity index (χ0n) is 10.4. The molecule has 0 aliphatic heterocycles. The average molecular weight is 231 g/mol. The molecule has 2 N–H and O–H groups in total. The van der Waals surface area contributed by atoms with Crippen LogP contribution in [-0.2, 0) is 14.3 Å². The van der Waals surface area contributed by atoms with Crippen molar-refractivity contribution in [2.75, 3.05) is 6.61 Å². The van der Waals surface area contributed by atoms with E-state index in [1.807, 2.05) is 6.92 Å². The van der Waals surface area contributed by atoms with Crippen molar-refractivity contribution in [1.29, 1.82) is 0 Å². The van der Waals surface area contributed by atoms with Crippen molar-refractivity contribution in [3.8, 4) is 0 Å². The fourth-order valence-corrected chi connectivity index (χ4v) is 0.874.